The number of hydrogen-bond acceptors (Lipinski definition) is 2. The molecule has 2 nitrogen and oxygen atoms in total. The largest absolute Gasteiger partial charge is 0.340 e. The lowest BCUT2D eigenvalue weighted by molar-refractivity contribution is -0.138. The van der Waals surface area contributed by atoms with E-state index in [0.29, 0.717) is 11.7 Å². The molecule has 1 rings (SSSR count). The number of benzene rings is 1. The van der Waals surface area contributed by atoms with Gasteiger partial charge in [0.2, 0.25) is 0 Å². The molecule has 0 saturated carbocycles. The summed E-state index contributed by atoms with van der Waals surface area (Å²) in [5, 5.41) is 8.86. The topological polar surface area (TPSA) is 29.5 Å². The van der Waals surface area contributed by atoms with Crippen LogP contribution in [0.25, 0.3) is 0 Å². The Morgan fingerprint density at radius 2 is 1.80 bits per heavy atom. The van der Waals surface area contributed by atoms with Gasteiger partial charge in [-0.15, -0.1) is 0 Å². The minimum Gasteiger partial charge on any atom is -0.340 e. The summed E-state index contributed by atoms with van der Waals surface area (Å²) < 4.78 is 0. The zero-order chi connectivity index (χ0) is 11.6. The molecule has 1 aromatic carbocycles. The van der Waals surface area contributed by atoms with E-state index in [2.05, 4.69) is 45.6 Å². The first-order valence-electron chi connectivity index (χ1n) is 5.32. The van der Waals surface area contributed by atoms with Crippen molar-refractivity contribution < 1.29 is 10.1 Å². The summed E-state index contributed by atoms with van der Waals surface area (Å²) in [7, 11) is 0. The zero-order valence-corrected chi connectivity index (χ0v) is 10.2. The molecule has 0 heterocycles. The molecule has 0 aromatic heterocycles. The fourth-order valence-corrected chi connectivity index (χ4v) is 1.87. The second kappa shape index (κ2) is 4.23. The van der Waals surface area contributed by atoms with Crippen molar-refractivity contribution in [2.24, 2.45) is 0 Å². The van der Waals surface area contributed by atoms with Crippen molar-refractivity contribution in [3.05, 3.63) is 29.3 Å². The zero-order valence-electron chi connectivity index (χ0n) is 10.2. The van der Waals surface area contributed by atoms with E-state index in [4.69, 9.17) is 5.26 Å². The standard InChI is InChI=1S/C13H20O2/c1-9(2)12-10(13(3,4)5)7-6-8-11(12)15-14/h6-9,14H,1-5H3. The first kappa shape index (κ1) is 12.1. The summed E-state index contributed by atoms with van der Waals surface area (Å²) in [6, 6.07) is 5.81. The van der Waals surface area contributed by atoms with Crippen molar-refractivity contribution >= 4 is 0 Å². The van der Waals surface area contributed by atoms with Crippen LogP contribution in [0, 0.1) is 0 Å². The van der Waals surface area contributed by atoms with Crippen LogP contribution in [0.5, 0.6) is 5.75 Å². The molecular weight excluding hydrogens is 188 g/mol. The van der Waals surface area contributed by atoms with Gasteiger partial charge in [-0.3, -0.25) is 0 Å². The maximum absolute atomic E-state index is 8.86. The third kappa shape index (κ3) is 2.51. The van der Waals surface area contributed by atoms with Crippen molar-refractivity contribution in [2.75, 3.05) is 0 Å². The monoisotopic (exact) mass is 208 g/mol. The van der Waals surface area contributed by atoms with E-state index in [0.717, 1.165) is 5.56 Å². The van der Waals surface area contributed by atoms with Gasteiger partial charge in [0, 0.05) is 5.56 Å². The lowest BCUT2D eigenvalue weighted by Gasteiger charge is -2.25. The normalized spacial score (nSPS) is 11.9. The predicted octanol–water partition coefficient (Wildman–Crippen LogP) is 3.96. The van der Waals surface area contributed by atoms with Gasteiger partial charge in [0.25, 0.3) is 0 Å². The van der Waals surface area contributed by atoms with Gasteiger partial charge in [-0.2, -0.15) is 0 Å². The lowest BCUT2D eigenvalue weighted by atomic mass is 9.80. The molecule has 1 N–H and O–H groups in total. The highest BCUT2D eigenvalue weighted by Gasteiger charge is 2.22. The highest BCUT2D eigenvalue weighted by atomic mass is 17.1. The van der Waals surface area contributed by atoms with Crippen molar-refractivity contribution in [2.45, 2.75) is 46.0 Å². The summed E-state index contributed by atoms with van der Waals surface area (Å²) in [6.45, 7) is 10.7. The van der Waals surface area contributed by atoms with Crippen molar-refractivity contribution in [1.82, 2.24) is 0 Å². The fourth-order valence-electron chi connectivity index (χ4n) is 1.87. The Morgan fingerprint density at radius 1 is 1.20 bits per heavy atom. The van der Waals surface area contributed by atoms with E-state index in [-0.39, 0.29) is 5.41 Å². The van der Waals surface area contributed by atoms with Crippen LogP contribution in [0.15, 0.2) is 18.2 Å². The molecule has 0 radical (unpaired) electrons. The molecule has 0 aliphatic carbocycles. The van der Waals surface area contributed by atoms with E-state index >= 15 is 0 Å². The summed E-state index contributed by atoms with van der Waals surface area (Å²) in [5.41, 5.74) is 2.38. The third-order valence-corrected chi connectivity index (χ3v) is 2.55. The molecule has 0 aliphatic heterocycles. The predicted molar refractivity (Wildman–Crippen MR) is 62.5 cm³/mol. The Kier molecular flexibility index (Phi) is 3.40. The highest BCUT2D eigenvalue weighted by molar-refractivity contribution is 5.45. The van der Waals surface area contributed by atoms with Gasteiger partial charge in [0.05, 0.1) is 0 Å². The van der Waals surface area contributed by atoms with Crippen LogP contribution < -0.4 is 4.89 Å². The SMILES string of the molecule is CC(C)c1c(OO)cccc1C(C)(C)C. The molecule has 84 valence electrons. The van der Waals surface area contributed by atoms with E-state index < -0.39 is 0 Å². The van der Waals surface area contributed by atoms with Gasteiger partial charge in [0.15, 0.2) is 5.75 Å². The van der Waals surface area contributed by atoms with Gasteiger partial charge in [-0.05, 0) is 23.0 Å². The van der Waals surface area contributed by atoms with Crippen molar-refractivity contribution in [3.8, 4) is 5.75 Å². The Bertz CT molecular complexity index is 335. The minimum atomic E-state index is 0.0636. The molecule has 0 saturated heterocycles. The van der Waals surface area contributed by atoms with Gasteiger partial charge in [-0.25, -0.2) is 5.26 Å². The Hall–Kier alpha value is -1.02. The van der Waals surface area contributed by atoms with Crippen LogP contribution in [0.4, 0.5) is 0 Å². The van der Waals surface area contributed by atoms with Crippen LogP contribution in [-0.4, -0.2) is 5.26 Å². The maximum atomic E-state index is 8.86. The number of hydrogen-bond donors (Lipinski definition) is 1. The van der Waals surface area contributed by atoms with Gasteiger partial charge >= 0.3 is 0 Å². The van der Waals surface area contributed by atoms with Gasteiger partial charge < -0.3 is 4.89 Å². The first-order valence-corrected chi connectivity index (χ1v) is 5.32. The molecule has 2 heteroatoms. The van der Waals surface area contributed by atoms with Gasteiger partial charge in [0.1, 0.15) is 0 Å². The second-order valence-corrected chi connectivity index (χ2v) is 5.21. The molecule has 0 spiro atoms. The molecule has 0 fully saturated rings. The first-order chi connectivity index (χ1) is 6.88. The average molecular weight is 208 g/mol. The smallest absolute Gasteiger partial charge is 0.168 e. The molecule has 15 heavy (non-hydrogen) atoms. The molecule has 0 unspecified atom stereocenters. The van der Waals surface area contributed by atoms with Gasteiger partial charge in [-0.1, -0.05) is 46.8 Å². The van der Waals surface area contributed by atoms with Crippen LogP contribution >= 0.6 is 0 Å². The Morgan fingerprint density at radius 3 is 2.20 bits per heavy atom. The van der Waals surface area contributed by atoms with Crippen LogP contribution in [0.2, 0.25) is 0 Å². The van der Waals surface area contributed by atoms with Crippen LogP contribution in [0.3, 0.4) is 0 Å². The quantitative estimate of drug-likeness (QED) is 0.589. The lowest BCUT2D eigenvalue weighted by Crippen LogP contribution is -2.15. The van der Waals surface area contributed by atoms with Crippen LogP contribution in [0.1, 0.15) is 51.7 Å². The molecular formula is C13H20O2. The van der Waals surface area contributed by atoms with Crippen molar-refractivity contribution in [1.29, 1.82) is 0 Å². The summed E-state index contributed by atoms with van der Waals surface area (Å²) >= 11 is 0. The van der Waals surface area contributed by atoms with E-state index in [1.165, 1.54) is 5.56 Å². The van der Waals surface area contributed by atoms with E-state index in [9.17, 15) is 0 Å². The number of rotatable bonds is 2. The highest BCUT2D eigenvalue weighted by Crippen LogP contribution is 2.36. The average Bonchev–Trinajstić information content (AvgIpc) is 2.15. The fraction of sp³-hybridized carbons (Fsp3) is 0.538. The maximum Gasteiger partial charge on any atom is 0.168 e. The Labute approximate surface area is 91.8 Å². The third-order valence-electron chi connectivity index (χ3n) is 2.55. The summed E-state index contributed by atoms with van der Waals surface area (Å²) in [5.74, 6) is 0.903. The van der Waals surface area contributed by atoms with E-state index in [1.807, 2.05) is 6.07 Å². The molecule has 0 atom stereocenters. The second-order valence-electron chi connectivity index (χ2n) is 5.21. The molecule has 0 bridgehead atoms. The Balaban J connectivity index is 3.39. The minimum absolute atomic E-state index is 0.0636. The van der Waals surface area contributed by atoms with Crippen molar-refractivity contribution in [3.63, 3.8) is 0 Å². The van der Waals surface area contributed by atoms with Crippen LogP contribution in [-0.2, 0) is 5.41 Å². The van der Waals surface area contributed by atoms with E-state index in [1.54, 1.807) is 6.07 Å². The summed E-state index contributed by atoms with van der Waals surface area (Å²) in [6.07, 6.45) is 0. The molecule has 0 aliphatic rings. The molecule has 1 aromatic rings. The summed E-state index contributed by atoms with van der Waals surface area (Å²) in [4.78, 5) is 4.44. The molecule has 0 amide bonds.